The fourth-order valence-electron chi connectivity index (χ4n) is 1.22. The maximum absolute atomic E-state index is 9.40. The van der Waals surface area contributed by atoms with Crippen LogP contribution in [0.25, 0.3) is 0 Å². The Kier molecular flexibility index (Phi) is 3.64. The molecule has 0 saturated carbocycles. The predicted molar refractivity (Wildman–Crippen MR) is 54.8 cm³/mol. The fourth-order valence-corrected chi connectivity index (χ4v) is 1.22. The van der Waals surface area contributed by atoms with Crippen LogP contribution >= 0.6 is 0 Å². The number of ether oxygens (including phenoxy) is 2. The average Bonchev–Trinajstić information content (AvgIpc) is 2.53. The predicted octanol–water partition coefficient (Wildman–Crippen LogP) is 1.13. The number of hydrogen-bond acceptors (Lipinski definition) is 4. The van der Waals surface area contributed by atoms with Gasteiger partial charge < -0.3 is 14.6 Å². The third-order valence-electron chi connectivity index (χ3n) is 2.04. The highest BCUT2D eigenvalue weighted by Crippen LogP contribution is 2.22. The van der Waals surface area contributed by atoms with Gasteiger partial charge in [-0.25, -0.2) is 0 Å². The molecule has 1 unspecified atom stereocenters. The van der Waals surface area contributed by atoms with Gasteiger partial charge in [-0.15, -0.1) is 0 Å². The lowest BCUT2D eigenvalue weighted by molar-refractivity contribution is -0.133. The number of nitriles is 1. The monoisotopic (exact) mass is 209 g/mol. The van der Waals surface area contributed by atoms with Crippen LogP contribution in [0.2, 0.25) is 0 Å². The summed E-state index contributed by atoms with van der Waals surface area (Å²) in [5.41, 5.74) is 0.115. The summed E-state index contributed by atoms with van der Waals surface area (Å²) in [7, 11) is 0. The van der Waals surface area contributed by atoms with Gasteiger partial charge in [-0.05, 0) is 13.8 Å². The van der Waals surface area contributed by atoms with E-state index in [1.807, 2.05) is 13.8 Å². The minimum absolute atomic E-state index is 0.115. The molecule has 2 atom stereocenters. The fraction of sp³-hybridized carbons (Fsp3) is 0.545. The molecule has 1 aliphatic heterocycles. The zero-order valence-corrected chi connectivity index (χ0v) is 8.93. The molecule has 1 fully saturated rings. The average molecular weight is 209 g/mol. The molecular weight excluding hydrogens is 194 g/mol. The summed E-state index contributed by atoms with van der Waals surface area (Å²) in [6, 6.07) is 1.79. The van der Waals surface area contributed by atoms with E-state index in [4.69, 9.17) is 14.7 Å². The summed E-state index contributed by atoms with van der Waals surface area (Å²) in [6.07, 6.45) is 2.05. The summed E-state index contributed by atoms with van der Waals surface area (Å²) in [6.45, 7) is 7.52. The third kappa shape index (κ3) is 3.48. The normalized spacial score (nSPS) is 26.4. The molecule has 82 valence electrons. The van der Waals surface area contributed by atoms with Gasteiger partial charge in [0.1, 0.15) is 12.2 Å². The highest BCUT2D eigenvalue weighted by atomic mass is 16.7. The van der Waals surface area contributed by atoms with Crippen LogP contribution in [-0.4, -0.2) is 29.7 Å². The van der Waals surface area contributed by atoms with Gasteiger partial charge in [-0.2, -0.15) is 5.26 Å². The maximum atomic E-state index is 9.40. The van der Waals surface area contributed by atoms with Crippen molar-refractivity contribution in [3.63, 3.8) is 0 Å². The number of aliphatic hydroxyl groups is 1. The molecule has 4 heteroatoms. The minimum Gasteiger partial charge on any atom is -0.384 e. The molecule has 1 heterocycles. The van der Waals surface area contributed by atoms with E-state index in [0.717, 1.165) is 0 Å². The van der Waals surface area contributed by atoms with E-state index in [1.165, 1.54) is 6.08 Å². The molecule has 4 nitrogen and oxygen atoms in total. The van der Waals surface area contributed by atoms with E-state index in [1.54, 1.807) is 12.1 Å². The molecule has 0 amide bonds. The summed E-state index contributed by atoms with van der Waals surface area (Å²) in [4.78, 5) is 0. The summed E-state index contributed by atoms with van der Waals surface area (Å²) in [5, 5.41) is 17.9. The van der Waals surface area contributed by atoms with Crippen molar-refractivity contribution in [3.8, 4) is 6.07 Å². The van der Waals surface area contributed by atoms with E-state index in [-0.39, 0.29) is 11.7 Å². The first-order chi connectivity index (χ1) is 6.94. The van der Waals surface area contributed by atoms with Gasteiger partial charge in [0, 0.05) is 0 Å². The summed E-state index contributed by atoms with van der Waals surface area (Å²) < 4.78 is 10.8. The summed E-state index contributed by atoms with van der Waals surface area (Å²) in [5.74, 6) is -0.577. The van der Waals surface area contributed by atoms with Crippen molar-refractivity contribution in [1.29, 1.82) is 5.26 Å². The number of nitrogens with zero attached hydrogens (tertiary/aromatic N) is 1. The zero-order valence-electron chi connectivity index (χ0n) is 8.93. The first-order valence-electron chi connectivity index (χ1n) is 4.71. The molecule has 0 radical (unpaired) electrons. The second kappa shape index (κ2) is 4.58. The molecule has 0 aliphatic carbocycles. The molecule has 0 aromatic carbocycles. The Balaban J connectivity index is 2.47. The first-order valence-corrected chi connectivity index (χ1v) is 4.71. The molecule has 0 spiro atoms. The van der Waals surface area contributed by atoms with Gasteiger partial charge in [-0.3, -0.25) is 0 Å². The van der Waals surface area contributed by atoms with Crippen LogP contribution in [0.4, 0.5) is 0 Å². The maximum Gasteiger partial charge on any atom is 0.163 e. The SMILES string of the molecule is C=C(C#N)C(O)/C=C/[C@H]1COC(C)(C)O1. The van der Waals surface area contributed by atoms with E-state index in [0.29, 0.717) is 6.61 Å². The second-order valence-electron chi connectivity index (χ2n) is 3.83. The van der Waals surface area contributed by atoms with Crippen molar-refractivity contribution < 1.29 is 14.6 Å². The van der Waals surface area contributed by atoms with Crippen molar-refractivity contribution in [2.45, 2.75) is 31.8 Å². The Morgan fingerprint density at radius 1 is 1.73 bits per heavy atom. The largest absolute Gasteiger partial charge is 0.384 e. The second-order valence-corrected chi connectivity index (χ2v) is 3.83. The molecule has 0 aromatic rings. The van der Waals surface area contributed by atoms with Crippen LogP contribution < -0.4 is 0 Å². The Morgan fingerprint density at radius 3 is 2.87 bits per heavy atom. The van der Waals surface area contributed by atoms with Gasteiger partial charge in [0.15, 0.2) is 5.79 Å². The van der Waals surface area contributed by atoms with Gasteiger partial charge >= 0.3 is 0 Å². The van der Waals surface area contributed by atoms with E-state index >= 15 is 0 Å². The standard InChI is InChI=1S/C11H15NO3/c1-8(6-12)10(13)5-4-9-7-14-11(2,3)15-9/h4-5,9-10,13H,1,7H2,2-3H3/b5-4+/t9-,10?/m0/s1. The Morgan fingerprint density at radius 2 is 2.40 bits per heavy atom. The molecule has 1 aliphatic rings. The highest BCUT2D eigenvalue weighted by Gasteiger charge is 2.31. The van der Waals surface area contributed by atoms with Gasteiger partial charge in [0.25, 0.3) is 0 Å². The molecule has 1 rings (SSSR count). The number of hydrogen-bond donors (Lipinski definition) is 1. The van der Waals surface area contributed by atoms with Crippen molar-refractivity contribution in [3.05, 3.63) is 24.3 Å². The summed E-state index contributed by atoms with van der Waals surface area (Å²) >= 11 is 0. The lowest BCUT2D eigenvalue weighted by Crippen LogP contribution is -2.20. The topological polar surface area (TPSA) is 62.5 Å². The first kappa shape index (κ1) is 11.9. The molecule has 0 aromatic heterocycles. The van der Waals surface area contributed by atoms with E-state index < -0.39 is 11.9 Å². The zero-order chi connectivity index (χ0) is 11.5. The van der Waals surface area contributed by atoms with Crippen molar-refractivity contribution in [2.24, 2.45) is 0 Å². The van der Waals surface area contributed by atoms with Crippen LogP contribution in [0.1, 0.15) is 13.8 Å². The van der Waals surface area contributed by atoms with Crippen LogP contribution in [0.5, 0.6) is 0 Å². The quantitative estimate of drug-likeness (QED) is 0.559. The van der Waals surface area contributed by atoms with Gasteiger partial charge in [0.2, 0.25) is 0 Å². The van der Waals surface area contributed by atoms with E-state index in [9.17, 15) is 5.11 Å². The molecule has 1 N–H and O–H groups in total. The number of rotatable bonds is 3. The smallest absolute Gasteiger partial charge is 0.163 e. The van der Waals surface area contributed by atoms with Crippen molar-refractivity contribution >= 4 is 0 Å². The Labute approximate surface area is 89.4 Å². The lowest BCUT2D eigenvalue weighted by atomic mass is 10.1. The number of aliphatic hydroxyl groups excluding tert-OH is 1. The minimum atomic E-state index is -0.942. The lowest BCUT2D eigenvalue weighted by Gasteiger charge is -2.15. The van der Waals surface area contributed by atoms with Gasteiger partial charge in [-0.1, -0.05) is 18.7 Å². The van der Waals surface area contributed by atoms with Crippen molar-refractivity contribution in [2.75, 3.05) is 6.61 Å². The Hall–Kier alpha value is -1.15. The van der Waals surface area contributed by atoms with Crippen LogP contribution in [0.15, 0.2) is 24.3 Å². The third-order valence-corrected chi connectivity index (χ3v) is 2.04. The van der Waals surface area contributed by atoms with Crippen LogP contribution in [-0.2, 0) is 9.47 Å². The van der Waals surface area contributed by atoms with Gasteiger partial charge in [0.05, 0.1) is 18.2 Å². The molecule has 0 bridgehead atoms. The molecule has 15 heavy (non-hydrogen) atoms. The van der Waals surface area contributed by atoms with E-state index in [2.05, 4.69) is 6.58 Å². The molecule has 1 saturated heterocycles. The van der Waals surface area contributed by atoms with Crippen LogP contribution in [0.3, 0.4) is 0 Å². The Bertz CT molecular complexity index is 314. The van der Waals surface area contributed by atoms with Crippen molar-refractivity contribution in [1.82, 2.24) is 0 Å². The highest BCUT2D eigenvalue weighted by molar-refractivity contribution is 5.25. The molecular formula is C11H15NO3. The van der Waals surface area contributed by atoms with Crippen LogP contribution in [0, 0.1) is 11.3 Å².